The van der Waals surface area contributed by atoms with E-state index in [2.05, 4.69) is 4.98 Å². The third-order valence-electron chi connectivity index (χ3n) is 4.60. The molecule has 1 aliphatic rings. The summed E-state index contributed by atoms with van der Waals surface area (Å²) in [5, 5.41) is 22.1. The first-order chi connectivity index (χ1) is 13.8. The van der Waals surface area contributed by atoms with Gasteiger partial charge < -0.3 is 4.74 Å². The highest BCUT2D eigenvalue weighted by Crippen LogP contribution is 2.34. The van der Waals surface area contributed by atoms with Crippen molar-refractivity contribution in [3.05, 3.63) is 77.5 Å². The smallest absolute Gasteiger partial charge is 0.417 e. The molecule has 6 nitrogen and oxygen atoms in total. The van der Waals surface area contributed by atoms with Crippen LogP contribution < -0.4 is 15.1 Å². The molecule has 1 aliphatic heterocycles. The molecule has 0 aliphatic carbocycles. The molecule has 0 saturated carbocycles. The number of pyridine rings is 1. The van der Waals surface area contributed by atoms with Gasteiger partial charge >= 0.3 is 6.18 Å². The van der Waals surface area contributed by atoms with E-state index in [4.69, 9.17) is 4.74 Å². The number of hydrogen-bond donors (Lipinski definition) is 2. The summed E-state index contributed by atoms with van der Waals surface area (Å²) < 4.78 is 43.5. The maximum atomic E-state index is 12.6. The Balaban J connectivity index is 1.60. The molecule has 2 heterocycles. The van der Waals surface area contributed by atoms with Gasteiger partial charge in [-0.2, -0.15) is 13.2 Å². The Kier molecular flexibility index (Phi) is 4.77. The molecule has 0 spiro atoms. The van der Waals surface area contributed by atoms with Crippen molar-refractivity contribution < 1.29 is 28.3 Å². The third kappa shape index (κ3) is 3.82. The zero-order valence-corrected chi connectivity index (χ0v) is 15.0. The molecule has 9 heteroatoms. The molecule has 150 valence electrons. The second-order valence-electron chi connectivity index (χ2n) is 6.48. The molecular weight excluding hydrogens is 387 g/mol. The number of halogens is 3. The van der Waals surface area contributed by atoms with Gasteiger partial charge in [-0.1, -0.05) is 18.2 Å². The van der Waals surface area contributed by atoms with Gasteiger partial charge in [0.25, 0.3) is 0 Å². The molecule has 0 radical (unpaired) electrons. The van der Waals surface area contributed by atoms with Crippen molar-refractivity contribution in [3.63, 3.8) is 0 Å². The van der Waals surface area contributed by atoms with Gasteiger partial charge in [-0.25, -0.2) is 4.98 Å². The molecule has 0 saturated heterocycles. The minimum Gasteiger partial charge on any atom is -0.439 e. The van der Waals surface area contributed by atoms with E-state index in [1.807, 2.05) is 12.1 Å². The van der Waals surface area contributed by atoms with E-state index in [0.717, 1.165) is 17.7 Å². The fraction of sp³-hybridized carbons (Fsp3) is 0.150. The summed E-state index contributed by atoms with van der Waals surface area (Å²) in [7, 11) is 0. The molecule has 0 atom stereocenters. The van der Waals surface area contributed by atoms with Crippen LogP contribution in [0.2, 0.25) is 0 Å². The number of alkyl halides is 3. The lowest BCUT2D eigenvalue weighted by Crippen LogP contribution is -2.40. The number of aromatic nitrogens is 1. The lowest BCUT2D eigenvalue weighted by molar-refractivity contribution is -0.137. The predicted molar refractivity (Wildman–Crippen MR) is 98.1 cm³/mol. The van der Waals surface area contributed by atoms with Crippen molar-refractivity contribution in [3.8, 4) is 11.6 Å². The number of hydrazine groups is 1. The van der Waals surface area contributed by atoms with E-state index in [-0.39, 0.29) is 5.88 Å². The Morgan fingerprint density at radius 3 is 2.24 bits per heavy atom. The zero-order chi connectivity index (χ0) is 20.6. The molecule has 4 rings (SSSR count). The van der Waals surface area contributed by atoms with Gasteiger partial charge in [0.1, 0.15) is 5.75 Å². The fourth-order valence-corrected chi connectivity index (χ4v) is 3.14. The highest BCUT2D eigenvalue weighted by atomic mass is 19.4. The average molecular weight is 403 g/mol. The molecule has 0 fully saturated rings. The van der Waals surface area contributed by atoms with E-state index in [9.17, 15) is 23.6 Å². The average Bonchev–Trinajstić information content (AvgIpc) is 2.70. The number of fused-ring (bicyclic) bond motifs is 2. The predicted octanol–water partition coefficient (Wildman–Crippen LogP) is 5.00. The third-order valence-corrected chi connectivity index (χ3v) is 4.60. The Morgan fingerprint density at radius 2 is 1.55 bits per heavy atom. The van der Waals surface area contributed by atoms with Crippen molar-refractivity contribution in [1.82, 2.24) is 4.98 Å². The summed E-state index contributed by atoms with van der Waals surface area (Å²) in [4.78, 5) is 3.69. The van der Waals surface area contributed by atoms with Crippen LogP contribution in [0.25, 0.3) is 0 Å². The van der Waals surface area contributed by atoms with E-state index in [1.165, 1.54) is 6.07 Å². The first-order valence-electron chi connectivity index (χ1n) is 8.73. The molecule has 0 amide bonds. The van der Waals surface area contributed by atoms with Crippen LogP contribution in [0.15, 0.2) is 60.8 Å². The fourth-order valence-electron chi connectivity index (χ4n) is 3.14. The Hall–Kier alpha value is -3.30. The Bertz CT molecular complexity index is 1030. The number of aryl methyl sites for hydroxylation is 2. The van der Waals surface area contributed by atoms with Crippen LogP contribution in [-0.2, 0) is 19.0 Å². The highest BCUT2D eigenvalue weighted by Gasteiger charge is 2.30. The van der Waals surface area contributed by atoms with Gasteiger partial charge in [0.05, 0.1) is 16.9 Å². The summed E-state index contributed by atoms with van der Waals surface area (Å²) in [6.07, 6.45) is -2.60. The molecule has 2 N–H and O–H groups in total. The normalized spacial score (nSPS) is 14.0. The van der Waals surface area contributed by atoms with E-state index < -0.39 is 11.7 Å². The molecule has 0 bridgehead atoms. The maximum absolute atomic E-state index is 12.6. The van der Waals surface area contributed by atoms with Crippen LogP contribution in [0.3, 0.4) is 0 Å². The van der Waals surface area contributed by atoms with Gasteiger partial charge in [0, 0.05) is 12.3 Å². The monoisotopic (exact) mass is 403 g/mol. The van der Waals surface area contributed by atoms with Crippen LogP contribution in [0.5, 0.6) is 11.6 Å². The lowest BCUT2D eigenvalue weighted by Gasteiger charge is -2.31. The van der Waals surface area contributed by atoms with Crippen LogP contribution >= 0.6 is 0 Å². The largest absolute Gasteiger partial charge is 0.439 e. The topological polar surface area (TPSA) is 69.1 Å². The summed E-state index contributed by atoms with van der Waals surface area (Å²) in [5.41, 5.74) is 1.49. The van der Waals surface area contributed by atoms with E-state index >= 15 is 0 Å². The molecule has 2 aromatic carbocycles. The van der Waals surface area contributed by atoms with Gasteiger partial charge in [-0.05, 0) is 54.3 Å². The van der Waals surface area contributed by atoms with Gasteiger partial charge in [-0.15, -0.1) is 10.3 Å². The lowest BCUT2D eigenvalue weighted by atomic mass is 10.0. The standard InChI is InChI=1S/C20H16F3N3O3/c21-20(22,23)15-7-10-19(24-12-15)29-16-8-9-18-14(11-16)6-5-13-3-1-2-4-17(13)25(27)26(18)28/h1-4,7-12,27-28H,5-6H2. The second-order valence-corrected chi connectivity index (χ2v) is 6.48. The number of para-hydroxylation sites is 1. The summed E-state index contributed by atoms with van der Waals surface area (Å²) in [6.45, 7) is 0. The molecule has 3 aromatic rings. The van der Waals surface area contributed by atoms with Gasteiger partial charge in [0.2, 0.25) is 5.88 Å². The summed E-state index contributed by atoms with van der Waals surface area (Å²) >= 11 is 0. The second kappa shape index (κ2) is 7.26. The number of hydrogen-bond acceptors (Lipinski definition) is 6. The van der Waals surface area contributed by atoms with Crippen LogP contribution in [-0.4, -0.2) is 15.4 Å². The first kappa shape index (κ1) is 19.0. The SMILES string of the molecule is ON1c2ccccc2CCc2cc(Oc3ccc(C(F)(F)F)cn3)ccc2N1O. The summed E-state index contributed by atoms with van der Waals surface area (Å²) in [6, 6.07) is 13.9. The van der Waals surface area contributed by atoms with E-state index in [1.54, 1.807) is 24.3 Å². The number of nitrogens with zero attached hydrogens (tertiary/aromatic N) is 3. The number of rotatable bonds is 2. The van der Waals surface area contributed by atoms with Gasteiger partial charge in [0.15, 0.2) is 0 Å². The quantitative estimate of drug-likeness (QED) is 0.628. The van der Waals surface area contributed by atoms with Crippen molar-refractivity contribution in [2.45, 2.75) is 19.0 Å². The Labute approximate surface area is 163 Å². The van der Waals surface area contributed by atoms with Gasteiger partial charge in [-0.3, -0.25) is 10.4 Å². The van der Waals surface area contributed by atoms with Crippen molar-refractivity contribution >= 4 is 11.4 Å². The maximum Gasteiger partial charge on any atom is 0.417 e. The molecular formula is C20H16F3N3O3. The van der Waals surface area contributed by atoms with Crippen molar-refractivity contribution in [2.75, 3.05) is 10.3 Å². The molecule has 0 unspecified atom stereocenters. The number of benzene rings is 2. The molecule has 1 aromatic heterocycles. The van der Waals surface area contributed by atoms with Crippen LogP contribution in [0.1, 0.15) is 16.7 Å². The van der Waals surface area contributed by atoms with Crippen molar-refractivity contribution in [2.24, 2.45) is 0 Å². The molecule has 29 heavy (non-hydrogen) atoms. The minimum absolute atomic E-state index is 0.0128. The van der Waals surface area contributed by atoms with Crippen LogP contribution in [0, 0.1) is 0 Å². The highest BCUT2D eigenvalue weighted by molar-refractivity contribution is 5.63. The first-order valence-corrected chi connectivity index (χ1v) is 8.73. The number of anilines is 2. The number of ether oxygens (including phenoxy) is 1. The Morgan fingerprint density at radius 1 is 0.862 bits per heavy atom. The zero-order valence-electron chi connectivity index (χ0n) is 15.0. The van der Waals surface area contributed by atoms with Crippen LogP contribution in [0.4, 0.5) is 24.5 Å². The summed E-state index contributed by atoms with van der Waals surface area (Å²) in [5.74, 6) is 0.363. The minimum atomic E-state index is -4.47. The van der Waals surface area contributed by atoms with Crippen molar-refractivity contribution in [1.29, 1.82) is 0 Å². The van der Waals surface area contributed by atoms with E-state index in [0.29, 0.717) is 52.1 Å².